The predicted octanol–water partition coefficient (Wildman–Crippen LogP) is 1.67. The molecule has 4 rings (SSSR count). The van der Waals surface area contributed by atoms with Gasteiger partial charge in [0.2, 0.25) is 11.8 Å². The Morgan fingerprint density at radius 2 is 1.94 bits per heavy atom. The number of ether oxygens (including phenoxy) is 1. The maximum absolute atomic E-state index is 12.9. The summed E-state index contributed by atoms with van der Waals surface area (Å²) >= 11 is 0. The second kappa shape index (κ2) is 10.3. The fourth-order valence-electron chi connectivity index (χ4n) is 3.78. The number of aliphatic hydroxyl groups is 1. The highest BCUT2D eigenvalue weighted by Gasteiger charge is 2.39. The van der Waals surface area contributed by atoms with Gasteiger partial charge in [0, 0.05) is 44.0 Å². The zero-order valence-corrected chi connectivity index (χ0v) is 19.2. The van der Waals surface area contributed by atoms with E-state index in [-0.39, 0.29) is 36.9 Å². The van der Waals surface area contributed by atoms with E-state index in [4.69, 9.17) is 9.26 Å². The number of rotatable bonds is 7. The van der Waals surface area contributed by atoms with E-state index < -0.39 is 18.1 Å². The number of carbonyl (C=O) groups is 3. The average Bonchev–Trinajstić information content (AvgIpc) is 3.45. The molecule has 3 aromatic rings. The van der Waals surface area contributed by atoms with E-state index in [1.165, 1.54) is 24.2 Å². The molecule has 1 aliphatic heterocycles. The molecule has 35 heavy (non-hydrogen) atoms. The van der Waals surface area contributed by atoms with E-state index >= 15 is 0 Å². The third-order valence-corrected chi connectivity index (χ3v) is 5.45. The van der Waals surface area contributed by atoms with Crippen molar-refractivity contribution in [1.82, 2.24) is 20.4 Å². The van der Waals surface area contributed by atoms with Crippen molar-refractivity contribution in [3.63, 3.8) is 0 Å². The summed E-state index contributed by atoms with van der Waals surface area (Å²) in [6.07, 6.45) is 0.785. The van der Waals surface area contributed by atoms with Crippen molar-refractivity contribution in [2.45, 2.75) is 31.9 Å². The summed E-state index contributed by atoms with van der Waals surface area (Å²) < 4.78 is 10.9. The van der Waals surface area contributed by atoms with Gasteiger partial charge in [0.05, 0.1) is 18.2 Å². The number of hydrogen-bond donors (Lipinski definition) is 3. The number of carbonyl (C=O) groups excluding carboxylic acids is 3. The van der Waals surface area contributed by atoms with Crippen molar-refractivity contribution in [1.29, 1.82) is 0 Å². The number of nitrogens with one attached hydrogen (secondary N) is 2. The molecule has 2 unspecified atom stereocenters. The Kier molecular flexibility index (Phi) is 7.06. The van der Waals surface area contributed by atoms with E-state index in [9.17, 15) is 19.5 Å². The SMILES string of the molecule is CNC(=O)c1cc(Oc2ccc(NC(=O)C3CC(O)CN3C(=O)Cc3cc(C)no3)cc2)ccn1. The number of amides is 3. The highest BCUT2D eigenvalue weighted by molar-refractivity contribution is 5.98. The van der Waals surface area contributed by atoms with Crippen molar-refractivity contribution in [2.75, 3.05) is 18.9 Å². The van der Waals surface area contributed by atoms with Gasteiger partial charge in [-0.15, -0.1) is 0 Å². The molecule has 1 aliphatic rings. The van der Waals surface area contributed by atoms with Gasteiger partial charge in [0.15, 0.2) is 0 Å². The number of anilines is 1. The third kappa shape index (κ3) is 5.82. The third-order valence-electron chi connectivity index (χ3n) is 5.45. The van der Waals surface area contributed by atoms with Crippen LogP contribution in [0.2, 0.25) is 0 Å². The van der Waals surface area contributed by atoms with Crippen LogP contribution in [-0.4, -0.2) is 63.6 Å². The number of benzene rings is 1. The molecule has 0 spiro atoms. The summed E-state index contributed by atoms with van der Waals surface area (Å²) in [5.41, 5.74) is 1.39. The Bertz CT molecular complexity index is 1230. The van der Waals surface area contributed by atoms with E-state index in [0.717, 1.165) is 0 Å². The number of aliphatic hydroxyl groups excluding tert-OH is 1. The molecule has 3 N–H and O–H groups in total. The van der Waals surface area contributed by atoms with E-state index in [2.05, 4.69) is 20.8 Å². The lowest BCUT2D eigenvalue weighted by Crippen LogP contribution is -2.43. The minimum absolute atomic E-state index is 0.0417. The van der Waals surface area contributed by atoms with Gasteiger partial charge >= 0.3 is 0 Å². The van der Waals surface area contributed by atoms with Crippen LogP contribution in [0.4, 0.5) is 5.69 Å². The highest BCUT2D eigenvalue weighted by atomic mass is 16.5. The number of pyridine rings is 1. The lowest BCUT2D eigenvalue weighted by atomic mass is 10.1. The van der Waals surface area contributed by atoms with Crippen LogP contribution in [0.5, 0.6) is 11.5 Å². The standard InChI is InChI=1S/C24H25N5O6/c1-14-9-19(35-28-14)12-22(31)29-13-16(30)10-21(29)24(33)27-15-3-5-17(6-4-15)34-18-7-8-26-20(11-18)23(32)25-2/h3-9,11,16,21,30H,10,12-13H2,1-2H3,(H,25,32)(H,27,33). The molecule has 182 valence electrons. The van der Waals surface area contributed by atoms with Crippen LogP contribution in [0.3, 0.4) is 0 Å². The second-order valence-corrected chi connectivity index (χ2v) is 8.13. The minimum atomic E-state index is -0.808. The van der Waals surface area contributed by atoms with Crippen molar-refractivity contribution in [3.8, 4) is 11.5 Å². The van der Waals surface area contributed by atoms with E-state index in [1.54, 1.807) is 43.3 Å². The summed E-state index contributed by atoms with van der Waals surface area (Å²) in [5, 5.41) is 19.1. The molecule has 2 atom stereocenters. The quantitative estimate of drug-likeness (QED) is 0.464. The van der Waals surface area contributed by atoms with Gasteiger partial charge in [-0.1, -0.05) is 5.16 Å². The highest BCUT2D eigenvalue weighted by Crippen LogP contribution is 2.25. The number of nitrogens with zero attached hydrogens (tertiary/aromatic N) is 3. The van der Waals surface area contributed by atoms with Crippen molar-refractivity contribution < 1.29 is 28.8 Å². The molecular weight excluding hydrogens is 454 g/mol. The molecule has 0 aliphatic carbocycles. The number of aryl methyl sites for hydroxylation is 1. The molecule has 0 saturated carbocycles. The van der Waals surface area contributed by atoms with Crippen LogP contribution in [0.25, 0.3) is 0 Å². The molecule has 1 aromatic carbocycles. The smallest absolute Gasteiger partial charge is 0.269 e. The predicted molar refractivity (Wildman–Crippen MR) is 124 cm³/mol. The van der Waals surface area contributed by atoms with Crippen LogP contribution in [0.1, 0.15) is 28.4 Å². The maximum atomic E-state index is 12.9. The average molecular weight is 479 g/mol. The van der Waals surface area contributed by atoms with Crippen molar-refractivity contribution >= 4 is 23.4 Å². The Morgan fingerprint density at radius 1 is 1.17 bits per heavy atom. The van der Waals surface area contributed by atoms with Crippen LogP contribution in [-0.2, 0) is 16.0 Å². The normalized spacial score (nSPS) is 17.2. The van der Waals surface area contributed by atoms with Gasteiger partial charge in [-0.3, -0.25) is 19.4 Å². The van der Waals surface area contributed by atoms with E-state index in [1.807, 2.05) is 0 Å². The summed E-state index contributed by atoms with van der Waals surface area (Å²) in [6, 6.07) is 10.6. The monoisotopic (exact) mass is 479 g/mol. The Labute approximate surface area is 201 Å². The van der Waals surface area contributed by atoms with Crippen molar-refractivity contribution in [3.05, 3.63) is 65.8 Å². The number of aromatic nitrogens is 2. The fourth-order valence-corrected chi connectivity index (χ4v) is 3.78. The lowest BCUT2D eigenvalue weighted by molar-refractivity contribution is -0.136. The topological polar surface area (TPSA) is 147 Å². The Balaban J connectivity index is 1.38. The van der Waals surface area contributed by atoms with Gasteiger partial charge in [-0.2, -0.15) is 0 Å². The maximum Gasteiger partial charge on any atom is 0.269 e. The summed E-state index contributed by atoms with van der Waals surface area (Å²) in [4.78, 5) is 42.7. The molecule has 0 radical (unpaired) electrons. The molecule has 11 nitrogen and oxygen atoms in total. The molecule has 3 amide bonds. The van der Waals surface area contributed by atoms with E-state index in [0.29, 0.717) is 28.6 Å². The Morgan fingerprint density at radius 3 is 2.63 bits per heavy atom. The number of hydrogen-bond acceptors (Lipinski definition) is 8. The summed E-state index contributed by atoms with van der Waals surface area (Å²) in [7, 11) is 1.52. The molecule has 11 heteroatoms. The fraction of sp³-hybridized carbons (Fsp3) is 0.292. The first-order chi connectivity index (χ1) is 16.8. The van der Waals surface area contributed by atoms with Crippen molar-refractivity contribution in [2.24, 2.45) is 0 Å². The van der Waals surface area contributed by atoms with Crippen LogP contribution >= 0.6 is 0 Å². The van der Waals surface area contributed by atoms with Gasteiger partial charge in [0.1, 0.15) is 29.0 Å². The second-order valence-electron chi connectivity index (χ2n) is 8.13. The number of likely N-dealkylation sites (tertiary alicyclic amines) is 1. The molecule has 1 saturated heterocycles. The first-order valence-electron chi connectivity index (χ1n) is 11.0. The molecule has 3 heterocycles. The number of β-amino-alcohol motifs (C(OH)–C–C–N with tert-alkyl or cyclic N) is 1. The van der Waals surface area contributed by atoms with Crippen LogP contribution in [0, 0.1) is 6.92 Å². The zero-order valence-electron chi connectivity index (χ0n) is 19.2. The lowest BCUT2D eigenvalue weighted by Gasteiger charge is -2.23. The zero-order chi connectivity index (χ0) is 24.9. The minimum Gasteiger partial charge on any atom is -0.457 e. The molecular formula is C24H25N5O6. The Hall–Kier alpha value is -4.25. The van der Waals surface area contributed by atoms with Gasteiger partial charge < -0.3 is 29.9 Å². The van der Waals surface area contributed by atoms with Crippen LogP contribution in [0.15, 0.2) is 53.2 Å². The van der Waals surface area contributed by atoms with Gasteiger partial charge in [-0.05, 0) is 37.3 Å². The molecule has 1 fully saturated rings. The first kappa shape index (κ1) is 23.9. The molecule has 0 bridgehead atoms. The van der Waals surface area contributed by atoms with Gasteiger partial charge in [0.25, 0.3) is 5.91 Å². The summed E-state index contributed by atoms with van der Waals surface area (Å²) in [5.74, 6) is 0.282. The van der Waals surface area contributed by atoms with Crippen LogP contribution < -0.4 is 15.4 Å². The molecule has 2 aromatic heterocycles. The first-order valence-corrected chi connectivity index (χ1v) is 11.0. The summed E-state index contributed by atoms with van der Waals surface area (Å²) in [6.45, 7) is 1.82. The largest absolute Gasteiger partial charge is 0.457 e. The van der Waals surface area contributed by atoms with Gasteiger partial charge in [-0.25, -0.2) is 0 Å².